The number of piperidine rings is 1. The molecule has 2 saturated heterocycles. The molecule has 2 fully saturated rings. The number of rotatable bonds is 4. The van der Waals surface area contributed by atoms with Gasteiger partial charge in [0.1, 0.15) is 28.7 Å². The first kappa shape index (κ1) is 20.5. The monoisotopic (exact) mass is 462 g/mol. The number of thiophene rings is 1. The second kappa shape index (κ2) is 8.04. The van der Waals surface area contributed by atoms with Gasteiger partial charge in [-0.15, -0.1) is 11.3 Å². The van der Waals surface area contributed by atoms with Gasteiger partial charge in [0.15, 0.2) is 0 Å². The molecule has 4 aromatic rings. The fraction of sp³-hybridized carbons (Fsp3) is 0.320. The number of hydrogen-bond acceptors (Lipinski definition) is 6. The molecule has 5 heterocycles. The molecule has 2 aliphatic rings. The second-order valence-electron chi connectivity index (χ2n) is 8.86. The number of aromatic nitrogens is 3. The Bertz CT molecular complexity index is 1350. The molecule has 0 amide bonds. The van der Waals surface area contributed by atoms with Crippen molar-refractivity contribution in [2.75, 3.05) is 7.05 Å². The molecule has 33 heavy (non-hydrogen) atoms. The molecule has 2 aliphatic heterocycles. The van der Waals surface area contributed by atoms with E-state index in [0.29, 0.717) is 28.0 Å². The van der Waals surface area contributed by atoms with Crippen LogP contribution in [-0.4, -0.2) is 44.7 Å². The molecular weight excluding hydrogens is 439 g/mol. The summed E-state index contributed by atoms with van der Waals surface area (Å²) >= 11 is 1.32. The van der Waals surface area contributed by atoms with Crippen molar-refractivity contribution in [3.05, 3.63) is 71.2 Å². The Balaban J connectivity index is 1.24. The molecule has 2 unspecified atom stereocenters. The largest absolute Gasteiger partial charge is 0.490 e. The van der Waals surface area contributed by atoms with Crippen molar-refractivity contribution in [2.24, 2.45) is 0 Å². The van der Waals surface area contributed by atoms with Crippen LogP contribution in [0.5, 0.6) is 5.75 Å². The number of halogens is 1. The van der Waals surface area contributed by atoms with E-state index in [4.69, 9.17) is 4.74 Å². The lowest BCUT2D eigenvalue weighted by Crippen LogP contribution is -2.43. The predicted octanol–water partition coefficient (Wildman–Crippen LogP) is 4.65. The van der Waals surface area contributed by atoms with E-state index in [2.05, 4.69) is 21.9 Å². The van der Waals surface area contributed by atoms with Crippen LogP contribution in [0.1, 0.15) is 25.7 Å². The van der Waals surface area contributed by atoms with Crippen molar-refractivity contribution in [3.8, 4) is 22.0 Å². The number of hydrogen-bond donors (Lipinski definition) is 0. The number of pyridine rings is 1. The highest BCUT2D eigenvalue weighted by Crippen LogP contribution is 2.36. The molecule has 1 aromatic carbocycles. The maximum atomic E-state index is 13.2. The third-order valence-corrected chi connectivity index (χ3v) is 8.03. The molecule has 168 valence electrons. The molecule has 0 aliphatic carbocycles. The highest BCUT2D eigenvalue weighted by molar-refractivity contribution is 7.22. The summed E-state index contributed by atoms with van der Waals surface area (Å²) in [7, 11) is 2.22. The quantitative estimate of drug-likeness (QED) is 0.442. The number of nitrogens with zero attached hydrogens (tertiary/aromatic N) is 4. The zero-order valence-electron chi connectivity index (χ0n) is 18.1. The third-order valence-electron chi connectivity index (χ3n) is 6.89. The number of fused-ring (bicyclic) bond motifs is 3. The van der Waals surface area contributed by atoms with Gasteiger partial charge in [0.05, 0.1) is 28.0 Å². The standard InChI is InChI=1S/C25H23FN4O2S/c1-29-17-3-4-18(29)11-20(10-17)32-19-7-5-16(6-8-19)30-14-28-22-12-23(33-24(22)25(30)31)21-9-2-15(26)13-27-21/h2,5-9,12-14,17-18,20H,3-4,10-11H2,1H3. The summed E-state index contributed by atoms with van der Waals surface area (Å²) in [6, 6.07) is 13.7. The lowest BCUT2D eigenvalue weighted by Gasteiger charge is -2.36. The number of benzene rings is 1. The number of ether oxygens (including phenoxy) is 1. The van der Waals surface area contributed by atoms with Gasteiger partial charge < -0.3 is 9.64 Å². The first-order valence-electron chi connectivity index (χ1n) is 11.2. The van der Waals surface area contributed by atoms with Crippen LogP contribution in [0.2, 0.25) is 0 Å². The fourth-order valence-corrected chi connectivity index (χ4v) is 6.10. The zero-order valence-corrected chi connectivity index (χ0v) is 19.0. The Hall–Kier alpha value is -3.10. The van der Waals surface area contributed by atoms with E-state index in [0.717, 1.165) is 29.2 Å². The first-order chi connectivity index (χ1) is 16.0. The van der Waals surface area contributed by atoms with Gasteiger partial charge in [0.2, 0.25) is 0 Å². The van der Waals surface area contributed by atoms with Crippen LogP contribution in [-0.2, 0) is 0 Å². The molecule has 3 aromatic heterocycles. The molecule has 0 N–H and O–H groups in total. The summed E-state index contributed by atoms with van der Waals surface area (Å²) in [5.41, 5.74) is 1.83. The van der Waals surface area contributed by atoms with Crippen LogP contribution in [0.25, 0.3) is 26.5 Å². The van der Waals surface area contributed by atoms with Crippen LogP contribution < -0.4 is 10.3 Å². The van der Waals surface area contributed by atoms with Gasteiger partial charge in [-0.1, -0.05) is 0 Å². The minimum Gasteiger partial charge on any atom is -0.490 e. The Kier molecular flexibility index (Phi) is 4.99. The highest BCUT2D eigenvalue weighted by Gasteiger charge is 2.39. The summed E-state index contributed by atoms with van der Waals surface area (Å²) in [5, 5.41) is 0. The van der Waals surface area contributed by atoms with Crippen LogP contribution in [0.4, 0.5) is 4.39 Å². The van der Waals surface area contributed by atoms with Crippen molar-refractivity contribution in [2.45, 2.75) is 43.9 Å². The molecule has 6 rings (SSSR count). The highest BCUT2D eigenvalue weighted by atomic mass is 32.1. The van der Waals surface area contributed by atoms with Crippen LogP contribution in [0, 0.1) is 5.82 Å². The van der Waals surface area contributed by atoms with E-state index in [1.165, 1.54) is 36.4 Å². The first-order valence-corrected chi connectivity index (χ1v) is 12.0. The van der Waals surface area contributed by atoms with E-state index >= 15 is 0 Å². The maximum Gasteiger partial charge on any atom is 0.275 e. The van der Waals surface area contributed by atoms with E-state index < -0.39 is 5.82 Å². The van der Waals surface area contributed by atoms with Gasteiger partial charge in [0.25, 0.3) is 5.56 Å². The van der Waals surface area contributed by atoms with Crippen LogP contribution in [0.15, 0.2) is 59.8 Å². The molecule has 6 nitrogen and oxygen atoms in total. The molecule has 8 heteroatoms. The molecular formula is C25H23FN4O2S. The van der Waals surface area contributed by atoms with Gasteiger partial charge >= 0.3 is 0 Å². The van der Waals surface area contributed by atoms with Gasteiger partial charge in [-0.3, -0.25) is 14.3 Å². The van der Waals surface area contributed by atoms with Crippen molar-refractivity contribution in [3.63, 3.8) is 0 Å². The van der Waals surface area contributed by atoms with Crippen molar-refractivity contribution in [1.82, 2.24) is 19.4 Å². The Morgan fingerprint density at radius 3 is 2.52 bits per heavy atom. The minimum absolute atomic E-state index is 0.140. The van der Waals surface area contributed by atoms with Gasteiger partial charge in [0, 0.05) is 12.1 Å². The summed E-state index contributed by atoms with van der Waals surface area (Å²) in [6.07, 6.45) is 7.63. The zero-order chi connectivity index (χ0) is 22.5. The average molecular weight is 463 g/mol. The lowest BCUT2D eigenvalue weighted by atomic mass is 10.0. The van der Waals surface area contributed by atoms with Crippen LogP contribution >= 0.6 is 11.3 Å². The van der Waals surface area contributed by atoms with E-state index in [9.17, 15) is 9.18 Å². The lowest BCUT2D eigenvalue weighted by molar-refractivity contribution is 0.0662. The molecule has 0 spiro atoms. The molecule has 2 atom stereocenters. The maximum absolute atomic E-state index is 13.2. The molecule has 0 radical (unpaired) electrons. The topological polar surface area (TPSA) is 60.2 Å². The fourth-order valence-electron chi connectivity index (χ4n) is 5.08. The summed E-state index contributed by atoms with van der Waals surface area (Å²) in [5.74, 6) is 0.437. The van der Waals surface area contributed by atoms with Gasteiger partial charge in [-0.25, -0.2) is 9.37 Å². The smallest absolute Gasteiger partial charge is 0.275 e. The SMILES string of the molecule is CN1C2CCC1CC(Oc1ccc(-n3cnc4cc(-c5ccc(F)cn5)sc4c3=O)cc1)C2. The summed E-state index contributed by atoms with van der Waals surface area (Å²) in [6.45, 7) is 0. The Morgan fingerprint density at radius 2 is 1.82 bits per heavy atom. The van der Waals surface area contributed by atoms with Crippen molar-refractivity contribution >= 4 is 21.6 Å². The van der Waals surface area contributed by atoms with Crippen LogP contribution in [0.3, 0.4) is 0 Å². The van der Waals surface area contributed by atoms with Gasteiger partial charge in [-0.05, 0) is 75.2 Å². The third kappa shape index (κ3) is 3.73. The average Bonchev–Trinajstić information content (AvgIpc) is 3.33. The Labute approximate surface area is 194 Å². The summed E-state index contributed by atoms with van der Waals surface area (Å²) < 4.78 is 21.5. The van der Waals surface area contributed by atoms with E-state index in [1.54, 1.807) is 17.0 Å². The van der Waals surface area contributed by atoms with E-state index in [1.807, 2.05) is 30.3 Å². The summed E-state index contributed by atoms with van der Waals surface area (Å²) in [4.78, 5) is 25.0. The van der Waals surface area contributed by atoms with Gasteiger partial charge in [-0.2, -0.15) is 0 Å². The molecule has 2 bridgehead atoms. The van der Waals surface area contributed by atoms with Crippen molar-refractivity contribution < 1.29 is 9.13 Å². The minimum atomic E-state index is -0.393. The Morgan fingerprint density at radius 1 is 1.06 bits per heavy atom. The van der Waals surface area contributed by atoms with Crippen molar-refractivity contribution in [1.29, 1.82) is 0 Å². The van der Waals surface area contributed by atoms with E-state index in [-0.39, 0.29) is 11.7 Å². The second-order valence-corrected chi connectivity index (χ2v) is 9.91. The normalized spacial score (nSPS) is 22.7. The molecule has 0 saturated carbocycles. The predicted molar refractivity (Wildman–Crippen MR) is 127 cm³/mol.